The van der Waals surface area contributed by atoms with Crippen LogP contribution in [0.15, 0.2) is 79.0 Å². The summed E-state index contributed by atoms with van der Waals surface area (Å²) in [6.07, 6.45) is 6.82. The summed E-state index contributed by atoms with van der Waals surface area (Å²) in [5.41, 5.74) is 3.46. The highest BCUT2D eigenvalue weighted by Gasteiger charge is 2.19. The second-order valence-corrected chi connectivity index (χ2v) is 4.98. The Morgan fingerprint density at radius 2 is 1.62 bits per heavy atom. The molecule has 0 saturated heterocycles. The molecular formula is C19H16N2. The Bertz CT molecular complexity index is 693. The third kappa shape index (κ3) is 2.88. The van der Waals surface area contributed by atoms with E-state index in [4.69, 9.17) is 5.26 Å². The van der Waals surface area contributed by atoms with Crippen molar-refractivity contribution >= 4 is 11.3 Å². The van der Waals surface area contributed by atoms with Gasteiger partial charge in [0.1, 0.15) is 0 Å². The lowest BCUT2D eigenvalue weighted by Gasteiger charge is -2.30. The van der Waals surface area contributed by atoms with Crippen molar-refractivity contribution in [1.82, 2.24) is 0 Å². The van der Waals surface area contributed by atoms with Crippen molar-refractivity contribution in [2.24, 2.45) is 0 Å². The molecule has 2 aromatic rings. The van der Waals surface area contributed by atoms with Gasteiger partial charge >= 0.3 is 0 Å². The van der Waals surface area contributed by atoms with Crippen LogP contribution >= 0.6 is 0 Å². The van der Waals surface area contributed by atoms with Crippen LogP contribution in [0.2, 0.25) is 0 Å². The maximum absolute atomic E-state index is 9.11. The second kappa shape index (κ2) is 6.11. The van der Waals surface area contributed by atoms with Crippen molar-refractivity contribution in [2.75, 3.05) is 4.90 Å². The molecule has 2 nitrogen and oxygen atoms in total. The quantitative estimate of drug-likeness (QED) is 0.828. The van der Waals surface area contributed by atoms with Crippen LogP contribution < -0.4 is 4.90 Å². The Balaban J connectivity index is 1.93. The number of anilines is 1. The van der Waals surface area contributed by atoms with Gasteiger partial charge in [0.15, 0.2) is 0 Å². The molecule has 0 fully saturated rings. The molecule has 0 bridgehead atoms. The average Bonchev–Trinajstić information content (AvgIpc) is 2.57. The van der Waals surface area contributed by atoms with E-state index >= 15 is 0 Å². The number of nitrogens with zero attached hydrogens (tertiary/aromatic N) is 2. The summed E-state index contributed by atoms with van der Waals surface area (Å²) in [6.45, 7) is 0. The van der Waals surface area contributed by atoms with E-state index in [0.29, 0.717) is 6.42 Å². The molecule has 102 valence electrons. The van der Waals surface area contributed by atoms with Crippen molar-refractivity contribution in [1.29, 1.82) is 5.26 Å². The summed E-state index contributed by atoms with van der Waals surface area (Å²) < 4.78 is 0. The predicted molar refractivity (Wildman–Crippen MR) is 86.5 cm³/mol. The molecule has 1 heterocycles. The standard InChI is InChI=1S/C19H16N2/c20-13-11-19-15-17(16-7-3-1-4-8-16)12-14-21(19)18-9-5-2-6-10-18/h1-10,12,14-15,19H,11H2. The highest BCUT2D eigenvalue weighted by Crippen LogP contribution is 2.28. The van der Waals surface area contributed by atoms with Gasteiger partial charge in [0.05, 0.1) is 18.5 Å². The number of rotatable bonds is 3. The fraction of sp³-hybridized carbons (Fsp3) is 0.105. The van der Waals surface area contributed by atoms with Crippen molar-refractivity contribution < 1.29 is 0 Å². The number of benzene rings is 2. The SMILES string of the molecule is N#CCC1C=C(c2ccccc2)C=CN1c1ccccc1. The molecule has 0 amide bonds. The van der Waals surface area contributed by atoms with E-state index in [0.717, 1.165) is 5.69 Å². The lowest BCUT2D eigenvalue weighted by molar-refractivity contribution is 0.788. The van der Waals surface area contributed by atoms with Gasteiger partial charge in [-0.15, -0.1) is 0 Å². The van der Waals surface area contributed by atoms with Crippen LogP contribution in [0.25, 0.3) is 5.57 Å². The van der Waals surface area contributed by atoms with E-state index in [1.54, 1.807) is 0 Å². The third-order valence-electron chi connectivity index (χ3n) is 3.61. The van der Waals surface area contributed by atoms with E-state index in [-0.39, 0.29) is 6.04 Å². The zero-order valence-corrected chi connectivity index (χ0v) is 11.7. The first-order valence-corrected chi connectivity index (χ1v) is 7.04. The minimum absolute atomic E-state index is 0.0672. The Kier molecular flexibility index (Phi) is 3.84. The highest BCUT2D eigenvalue weighted by molar-refractivity contribution is 5.77. The molecule has 0 saturated carbocycles. The number of nitriles is 1. The lowest BCUT2D eigenvalue weighted by Crippen LogP contribution is -2.30. The van der Waals surface area contributed by atoms with Gasteiger partial charge in [-0.3, -0.25) is 0 Å². The molecule has 0 spiro atoms. The van der Waals surface area contributed by atoms with Crippen molar-refractivity contribution in [2.45, 2.75) is 12.5 Å². The molecule has 2 heteroatoms. The van der Waals surface area contributed by atoms with Crippen LogP contribution in [0, 0.1) is 11.3 Å². The van der Waals surface area contributed by atoms with Gasteiger partial charge in [0.25, 0.3) is 0 Å². The first-order valence-electron chi connectivity index (χ1n) is 7.04. The van der Waals surface area contributed by atoms with E-state index in [9.17, 15) is 0 Å². The molecule has 0 N–H and O–H groups in total. The Morgan fingerprint density at radius 3 is 2.29 bits per heavy atom. The molecule has 1 atom stereocenters. The maximum atomic E-state index is 9.11. The van der Waals surface area contributed by atoms with Crippen LogP contribution in [0.3, 0.4) is 0 Å². The molecule has 2 aromatic carbocycles. The van der Waals surface area contributed by atoms with E-state index < -0.39 is 0 Å². The van der Waals surface area contributed by atoms with Gasteiger partial charge in [0.2, 0.25) is 0 Å². The number of hydrogen-bond donors (Lipinski definition) is 0. The molecule has 1 unspecified atom stereocenters. The molecule has 21 heavy (non-hydrogen) atoms. The summed E-state index contributed by atoms with van der Waals surface area (Å²) in [7, 11) is 0. The topological polar surface area (TPSA) is 27.0 Å². The monoisotopic (exact) mass is 272 g/mol. The van der Waals surface area contributed by atoms with Crippen molar-refractivity contribution in [3.8, 4) is 6.07 Å². The van der Waals surface area contributed by atoms with E-state index in [1.807, 2.05) is 36.4 Å². The van der Waals surface area contributed by atoms with Crippen molar-refractivity contribution in [3.63, 3.8) is 0 Å². The van der Waals surface area contributed by atoms with Crippen LogP contribution in [0.4, 0.5) is 5.69 Å². The molecule has 1 aliphatic rings. The fourth-order valence-corrected chi connectivity index (χ4v) is 2.57. The summed E-state index contributed by atoms with van der Waals surface area (Å²) in [5, 5.41) is 9.11. The van der Waals surface area contributed by atoms with Gasteiger partial charge < -0.3 is 4.90 Å². The first-order chi connectivity index (χ1) is 10.4. The third-order valence-corrected chi connectivity index (χ3v) is 3.61. The zero-order valence-electron chi connectivity index (χ0n) is 11.7. The van der Waals surface area contributed by atoms with Gasteiger partial charge in [-0.1, -0.05) is 54.6 Å². The van der Waals surface area contributed by atoms with Crippen LogP contribution in [-0.2, 0) is 0 Å². The molecule has 1 aliphatic heterocycles. The summed E-state index contributed by atoms with van der Waals surface area (Å²) in [6, 6.07) is 22.8. The number of allylic oxidation sites excluding steroid dienone is 2. The molecular weight excluding hydrogens is 256 g/mol. The largest absolute Gasteiger partial charge is 0.340 e. The maximum Gasteiger partial charge on any atom is 0.0655 e. The molecule has 0 aliphatic carbocycles. The van der Waals surface area contributed by atoms with Crippen LogP contribution in [0.1, 0.15) is 12.0 Å². The normalized spacial score (nSPS) is 17.2. The minimum Gasteiger partial charge on any atom is -0.340 e. The second-order valence-electron chi connectivity index (χ2n) is 4.98. The Labute approximate surface area is 125 Å². The highest BCUT2D eigenvalue weighted by atomic mass is 15.1. The summed E-state index contributed by atoms with van der Waals surface area (Å²) in [5.74, 6) is 0. The van der Waals surface area contributed by atoms with Gasteiger partial charge in [0, 0.05) is 11.9 Å². The molecule has 3 rings (SSSR count). The predicted octanol–water partition coefficient (Wildman–Crippen LogP) is 4.39. The summed E-state index contributed by atoms with van der Waals surface area (Å²) >= 11 is 0. The minimum atomic E-state index is 0.0672. The van der Waals surface area contributed by atoms with Gasteiger partial charge in [-0.2, -0.15) is 5.26 Å². The first kappa shape index (κ1) is 13.2. The molecule has 0 radical (unpaired) electrons. The smallest absolute Gasteiger partial charge is 0.0655 e. The van der Waals surface area contributed by atoms with E-state index in [2.05, 4.69) is 53.6 Å². The average molecular weight is 272 g/mol. The van der Waals surface area contributed by atoms with E-state index in [1.165, 1.54) is 11.1 Å². The van der Waals surface area contributed by atoms with Gasteiger partial charge in [-0.05, 0) is 29.3 Å². The van der Waals surface area contributed by atoms with Crippen LogP contribution in [0.5, 0.6) is 0 Å². The lowest BCUT2D eigenvalue weighted by atomic mass is 9.98. The van der Waals surface area contributed by atoms with Gasteiger partial charge in [-0.25, -0.2) is 0 Å². The summed E-state index contributed by atoms with van der Waals surface area (Å²) in [4.78, 5) is 2.15. The van der Waals surface area contributed by atoms with Crippen molar-refractivity contribution in [3.05, 3.63) is 84.6 Å². The zero-order chi connectivity index (χ0) is 14.5. The number of para-hydroxylation sites is 1. The Morgan fingerprint density at radius 1 is 0.952 bits per heavy atom. The fourth-order valence-electron chi connectivity index (χ4n) is 2.57. The Hall–Kier alpha value is -2.79. The molecule has 0 aromatic heterocycles. The number of hydrogen-bond acceptors (Lipinski definition) is 2. The van der Waals surface area contributed by atoms with Crippen LogP contribution in [-0.4, -0.2) is 6.04 Å².